The van der Waals surface area contributed by atoms with E-state index < -0.39 is 0 Å². The lowest BCUT2D eigenvalue weighted by molar-refractivity contribution is -0.0454. The molecule has 0 saturated heterocycles. The van der Waals surface area contributed by atoms with Crippen molar-refractivity contribution < 1.29 is 9.84 Å². The van der Waals surface area contributed by atoms with E-state index in [0.29, 0.717) is 42.9 Å². The van der Waals surface area contributed by atoms with Crippen molar-refractivity contribution in [1.82, 2.24) is 5.32 Å². The van der Waals surface area contributed by atoms with Crippen LogP contribution in [0.1, 0.15) is 60.3 Å². The predicted octanol–water partition coefficient (Wildman–Crippen LogP) is 3.46. The number of hydrogen-bond donors (Lipinski definition) is 2. The van der Waals surface area contributed by atoms with Gasteiger partial charge in [0, 0.05) is 6.54 Å². The van der Waals surface area contributed by atoms with Crippen LogP contribution >= 0.6 is 0 Å². The molecule has 21 heavy (non-hydrogen) atoms. The van der Waals surface area contributed by atoms with Crippen LogP contribution in [0.3, 0.4) is 0 Å². The zero-order valence-electron chi connectivity index (χ0n) is 14.8. The van der Waals surface area contributed by atoms with Crippen LogP contribution in [-0.4, -0.2) is 37.0 Å². The second-order valence-corrected chi connectivity index (χ2v) is 7.60. The van der Waals surface area contributed by atoms with Crippen molar-refractivity contribution in [3.05, 3.63) is 0 Å². The highest BCUT2D eigenvalue weighted by molar-refractivity contribution is 4.74. The van der Waals surface area contributed by atoms with Crippen LogP contribution in [0.15, 0.2) is 0 Å². The molecule has 3 unspecified atom stereocenters. The van der Waals surface area contributed by atoms with E-state index in [1.807, 2.05) is 0 Å². The van der Waals surface area contributed by atoms with Crippen molar-refractivity contribution in [2.45, 2.75) is 72.5 Å². The Morgan fingerprint density at radius 1 is 1.05 bits per heavy atom. The normalized spacial score (nSPS) is 25.0. The summed E-state index contributed by atoms with van der Waals surface area (Å²) in [6.45, 7) is 13.4. The quantitative estimate of drug-likeness (QED) is 0.685. The molecule has 126 valence electrons. The van der Waals surface area contributed by atoms with E-state index in [4.69, 9.17) is 4.74 Å². The Labute approximate surface area is 131 Å². The smallest absolute Gasteiger partial charge is 0.0897 e. The van der Waals surface area contributed by atoms with Crippen molar-refractivity contribution in [3.8, 4) is 0 Å². The van der Waals surface area contributed by atoms with E-state index in [0.717, 1.165) is 13.0 Å². The molecule has 0 aromatic heterocycles. The van der Waals surface area contributed by atoms with Gasteiger partial charge in [-0.1, -0.05) is 47.5 Å². The zero-order chi connectivity index (χ0) is 15.8. The minimum atomic E-state index is -0.390. The van der Waals surface area contributed by atoms with E-state index in [-0.39, 0.29) is 6.10 Å². The highest BCUT2D eigenvalue weighted by Gasteiger charge is 2.23. The zero-order valence-corrected chi connectivity index (χ0v) is 14.8. The number of aliphatic hydroxyl groups is 1. The van der Waals surface area contributed by atoms with Crippen LogP contribution in [0.5, 0.6) is 0 Å². The average molecular weight is 299 g/mol. The fourth-order valence-corrected chi connectivity index (χ4v) is 3.48. The number of hydrogen-bond acceptors (Lipinski definition) is 3. The molecular formula is C18H37NO2. The molecule has 1 saturated carbocycles. The molecule has 1 rings (SSSR count). The fraction of sp³-hybridized carbons (Fsp3) is 1.00. The van der Waals surface area contributed by atoms with Crippen molar-refractivity contribution in [2.24, 2.45) is 23.7 Å². The van der Waals surface area contributed by atoms with Crippen LogP contribution in [0.25, 0.3) is 0 Å². The molecule has 0 aromatic rings. The van der Waals surface area contributed by atoms with Gasteiger partial charge < -0.3 is 15.2 Å². The van der Waals surface area contributed by atoms with Crippen LogP contribution in [0.2, 0.25) is 0 Å². The van der Waals surface area contributed by atoms with Gasteiger partial charge in [0.05, 0.1) is 18.8 Å². The maximum absolute atomic E-state index is 10.1. The molecule has 0 aromatic carbocycles. The molecule has 0 heterocycles. The molecule has 3 atom stereocenters. The summed E-state index contributed by atoms with van der Waals surface area (Å²) >= 11 is 0. The highest BCUT2D eigenvalue weighted by atomic mass is 16.5. The summed E-state index contributed by atoms with van der Waals surface area (Å²) in [5.74, 6) is 2.66. The summed E-state index contributed by atoms with van der Waals surface area (Å²) in [6, 6.07) is 0. The lowest BCUT2D eigenvalue weighted by Crippen LogP contribution is -2.38. The fourth-order valence-electron chi connectivity index (χ4n) is 3.48. The summed E-state index contributed by atoms with van der Waals surface area (Å²) in [5.41, 5.74) is 0. The predicted molar refractivity (Wildman–Crippen MR) is 89.4 cm³/mol. The van der Waals surface area contributed by atoms with Gasteiger partial charge in [-0.25, -0.2) is 0 Å². The molecule has 1 aliphatic rings. The van der Waals surface area contributed by atoms with E-state index in [2.05, 4.69) is 39.9 Å². The third kappa shape index (κ3) is 7.12. The minimum absolute atomic E-state index is 0.354. The molecule has 0 aliphatic heterocycles. The number of ether oxygens (including phenoxy) is 1. The van der Waals surface area contributed by atoms with E-state index in [1.54, 1.807) is 0 Å². The molecule has 0 radical (unpaired) electrons. The van der Waals surface area contributed by atoms with Gasteiger partial charge in [-0.15, -0.1) is 0 Å². The van der Waals surface area contributed by atoms with E-state index >= 15 is 0 Å². The lowest BCUT2D eigenvalue weighted by atomic mass is 9.85. The van der Waals surface area contributed by atoms with Gasteiger partial charge >= 0.3 is 0 Å². The first-order chi connectivity index (χ1) is 9.91. The average Bonchev–Trinajstić information content (AvgIpc) is 2.41. The van der Waals surface area contributed by atoms with Gasteiger partial charge in [-0.3, -0.25) is 0 Å². The lowest BCUT2D eigenvalue weighted by Gasteiger charge is -2.30. The molecule has 0 spiro atoms. The van der Waals surface area contributed by atoms with Crippen LogP contribution < -0.4 is 5.32 Å². The molecule has 1 fully saturated rings. The Morgan fingerprint density at radius 2 is 1.67 bits per heavy atom. The standard InChI is InChI=1S/C18H37NO2/c1-13(2)17(14(3)4)11-19-10-16(20)12-21-18-9-7-6-8-15(18)5/h13-20H,6-12H2,1-5H3. The maximum atomic E-state index is 10.1. The largest absolute Gasteiger partial charge is 0.389 e. The Hall–Kier alpha value is -0.120. The summed E-state index contributed by atoms with van der Waals surface area (Å²) in [4.78, 5) is 0. The van der Waals surface area contributed by atoms with E-state index in [9.17, 15) is 5.11 Å². The first-order valence-electron chi connectivity index (χ1n) is 8.92. The third-order valence-electron chi connectivity index (χ3n) is 5.01. The van der Waals surface area contributed by atoms with Crippen LogP contribution in [0, 0.1) is 23.7 Å². The van der Waals surface area contributed by atoms with Crippen LogP contribution in [-0.2, 0) is 4.74 Å². The SMILES string of the molecule is CC(C)C(CNCC(O)COC1CCCCC1C)C(C)C. The Balaban J connectivity index is 2.17. The summed E-state index contributed by atoms with van der Waals surface area (Å²) < 4.78 is 5.92. The first kappa shape index (κ1) is 18.9. The van der Waals surface area contributed by atoms with Gasteiger partial charge in [0.15, 0.2) is 0 Å². The number of rotatable bonds is 9. The Kier molecular flexibility index (Phi) is 8.84. The second kappa shape index (κ2) is 9.81. The van der Waals surface area contributed by atoms with Crippen LogP contribution in [0.4, 0.5) is 0 Å². The summed E-state index contributed by atoms with van der Waals surface area (Å²) in [7, 11) is 0. The maximum Gasteiger partial charge on any atom is 0.0897 e. The van der Waals surface area contributed by atoms with E-state index in [1.165, 1.54) is 19.3 Å². The van der Waals surface area contributed by atoms with Crippen molar-refractivity contribution >= 4 is 0 Å². The van der Waals surface area contributed by atoms with Gasteiger partial charge in [-0.05, 0) is 43.1 Å². The number of nitrogens with one attached hydrogen (secondary N) is 1. The monoisotopic (exact) mass is 299 g/mol. The molecule has 0 amide bonds. The molecule has 2 N–H and O–H groups in total. The molecular weight excluding hydrogens is 262 g/mol. The van der Waals surface area contributed by atoms with Gasteiger partial charge in [0.2, 0.25) is 0 Å². The van der Waals surface area contributed by atoms with Gasteiger partial charge in [0.1, 0.15) is 0 Å². The Morgan fingerprint density at radius 3 is 2.24 bits per heavy atom. The summed E-state index contributed by atoms with van der Waals surface area (Å²) in [5, 5.41) is 13.5. The molecule has 3 nitrogen and oxygen atoms in total. The first-order valence-corrected chi connectivity index (χ1v) is 8.92. The van der Waals surface area contributed by atoms with Crippen molar-refractivity contribution in [2.75, 3.05) is 19.7 Å². The molecule has 0 bridgehead atoms. The second-order valence-electron chi connectivity index (χ2n) is 7.60. The third-order valence-corrected chi connectivity index (χ3v) is 5.01. The van der Waals surface area contributed by atoms with Crippen molar-refractivity contribution in [1.29, 1.82) is 0 Å². The minimum Gasteiger partial charge on any atom is -0.389 e. The van der Waals surface area contributed by atoms with Gasteiger partial charge in [0.25, 0.3) is 0 Å². The topological polar surface area (TPSA) is 41.5 Å². The highest BCUT2D eigenvalue weighted by Crippen LogP contribution is 2.26. The number of aliphatic hydroxyl groups excluding tert-OH is 1. The van der Waals surface area contributed by atoms with Crippen molar-refractivity contribution in [3.63, 3.8) is 0 Å². The molecule has 3 heteroatoms. The summed E-state index contributed by atoms with van der Waals surface area (Å²) in [6.07, 6.45) is 4.99. The Bertz CT molecular complexity index is 260. The van der Waals surface area contributed by atoms with Gasteiger partial charge in [-0.2, -0.15) is 0 Å². The molecule has 1 aliphatic carbocycles.